The number of piperidine rings is 1. The highest BCUT2D eigenvalue weighted by atomic mass is 16.5. The van der Waals surface area contributed by atoms with Crippen LogP contribution in [0.4, 0.5) is 0 Å². The van der Waals surface area contributed by atoms with Gasteiger partial charge in [0, 0.05) is 49.5 Å². The Balaban J connectivity index is 1.55. The first-order valence-electron chi connectivity index (χ1n) is 11.8. The fraction of sp³-hybridized carbons (Fsp3) is 0.333. The van der Waals surface area contributed by atoms with Crippen LogP contribution < -0.4 is 10.2 Å². The molecule has 7 nitrogen and oxygen atoms in total. The number of nitrogens with one attached hydrogen (secondary N) is 1. The number of likely N-dealkylation sites (tertiary alicyclic amines) is 1. The van der Waals surface area contributed by atoms with E-state index in [9.17, 15) is 9.59 Å². The minimum absolute atomic E-state index is 0.0689. The number of hydrogen-bond acceptors (Lipinski definition) is 5. The molecule has 2 heterocycles. The van der Waals surface area contributed by atoms with Crippen molar-refractivity contribution in [1.29, 1.82) is 0 Å². The Bertz CT molecular complexity index is 1190. The molecule has 1 aliphatic heterocycles. The summed E-state index contributed by atoms with van der Waals surface area (Å²) in [6, 6.07) is 17.2. The first kappa shape index (κ1) is 23.4. The standard InChI is InChI=1S/C27H30N4O3/c1-3-4-17-34-22-11-9-20(10-12-22)26-18-24(23-7-5-6-8-25(23)28-26)27(33)30-29-21-13-15-31(16-14-21)19(2)32/h5-12,18H,3-4,13-17H2,1-2H3,(H,30,33). The molecule has 0 radical (unpaired) electrons. The van der Waals surface area contributed by atoms with E-state index in [1.165, 1.54) is 0 Å². The van der Waals surface area contributed by atoms with Crippen LogP contribution in [0.2, 0.25) is 0 Å². The van der Waals surface area contributed by atoms with E-state index >= 15 is 0 Å². The van der Waals surface area contributed by atoms with Gasteiger partial charge in [-0.3, -0.25) is 9.59 Å². The number of carbonyl (C=O) groups is 2. The Labute approximate surface area is 199 Å². The number of unbranched alkanes of at least 4 members (excludes halogenated alkanes) is 1. The van der Waals surface area contributed by atoms with Gasteiger partial charge in [-0.15, -0.1) is 0 Å². The van der Waals surface area contributed by atoms with Crippen LogP contribution in [0.25, 0.3) is 22.2 Å². The lowest BCUT2D eigenvalue weighted by atomic mass is 10.0. The summed E-state index contributed by atoms with van der Waals surface area (Å²) in [7, 11) is 0. The number of amides is 2. The van der Waals surface area contributed by atoms with E-state index in [2.05, 4.69) is 17.5 Å². The molecule has 2 aromatic carbocycles. The number of benzene rings is 2. The molecule has 1 N–H and O–H groups in total. The van der Waals surface area contributed by atoms with Gasteiger partial charge in [0.1, 0.15) is 5.75 Å². The highest BCUT2D eigenvalue weighted by Crippen LogP contribution is 2.26. The number of pyridine rings is 1. The van der Waals surface area contributed by atoms with Crippen LogP contribution in [-0.4, -0.2) is 47.1 Å². The number of carbonyl (C=O) groups excluding carboxylic acids is 2. The van der Waals surface area contributed by atoms with Gasteiger partial charge in [-0.2, -0.15) is 5.10 Å². The van der Waals surface area contributed by atoms with Gasteiger partial charge in [0.05, 0.1) is 23.4 Å². The van der Waals surface area contributed by atoms with Gasteiger partial charge in [0.15, 0.2) is 0 Å². The second-order valence-electron chi connectivity index (χ2n) is 8.42. The SMILES string of the molecule is CCCCOc1ccc(-c2cc(C(=O)NN=C3CCN(C(C)=O)CC3)c3ccccc3n2)cc1. The zero-order chi connectivity index (χ0) is 23.9. The zero-order valence-corrected chi connectivity index (χ0v) is 19.7. The number of aromatic nitrogens is 1. The van der Waals surface area contributed by atoms with Crippen LogP contribution in [0, 0.1) is 0 Å². The second kappa shape index (κ2) is 10.9. The van der Waals surface area contributed by atoms with Crippen LogP contribution in [0.3, 0.4) is 0 Å². The molecule has 1 aliphatic rings. The molecule has 0 spiro atoms. The minimum Gasteiger partial charge on any atom is -0.494 e. The smallest absolute Gasteiger partial charge is 0.272 e. The van der Waals surface area contributed by atoms with Crippen molar-refractivity contribution in [2.24, 2.45) is 5.10 Å². The molecule has 1 saturated heterocycles. The summed E-state index contributed by atoms with van der Waals surface area (Å²) in [5.41, 5.74) is 6.50. The lowest BCUT2D eigenvalue weighted by Crippen LogP contribution is -2.37. The van der Waals surface area contributed by atoms with Crippen LogP contribution in [-0.2, 0) is 4.79 Å². The first-order chi connectivity index (χ1) is 16.5. The van der Waals surface area contributed by atoms with E-state index in [0.29, 0.717) is 43.8 Å². The number of hydrazone groups is 1. The molecular weight excluding hydrogens is 428 g/mol. The van der Waals surface area contributed by atoms with Crippen molar-refractivity contribution in [3.8, 4) is 17.0 Å². The lowest BCUT2D eigenvalue weighted by Gasteiger charge is -2.26. The van der Waals surface area contributed by atoms with Crippen LogP contribution in [0.5, 0.6) is 5.75 Å². The second-order valence-corrected chi connectivity index (χ2v) is 8.42. The van der Waals surface area contributed by atoms with Crippen molar-refractivity contribution in [2.75, 3.05) is 19.7 Å². The van der Waals surface area contributed by atoms with Gasteiger partial charge in [0.25, 0.3) is 5.91 Å². The Hall–Kier alpha value is -3.74. The highest BCUT2D eigenvalue weighted by molar-refractivity contribution is 6.07. The molecule has 1 fully saturated rings. The van der Waals surface area contributed by atoms with E-state index < -0.39 is 0 Å². The normalized spacial score (nSPS) is 13.6. The fourth-order valence-electron chi connectivity index (χ4n) is 3.95. The first-order valence-corrected chi connectivity index (χ1v) is 11.8. The highest BCUT2D eigenvalue weighted by Gasteiger charge is 2.18. The number of fused-ring (bicyclic) bond motifs is 1. The van der Waals surface area contributed by atoms with Gasteiger partial charge in [-0.05, 0) is 42.8 Å². The third-order valence-corrected chi connectivity index (χ3v) is 5.98. The van der Waals surface area contributed by atoms with Crippen LogP contribution >= 0.6 is 0 Å². The molecule has 34 heavy (non-hydrogen) atoms. The van der Waals surface area contributed by atoms with Crippen molar-refractivity contribution in [1.82, 2.24) is 15.3 Å². The van der Waals surface area contributed by atoms with Crippen molar-refractivity contribution < 1.29 is 14.3 Å². The molecule has 4 rings (SSSR count). The zero-order valence-electron chi connectivity index (χ0n) is 19.7. The Morgan fingerprint density at radius 2 is 1.82 bits per heavy atom. The van der Waals surface area contributed by atoms with Gasteiger partial charge in [-0.25, -0.2) is 10.4 Å². The summed E-state index contributed by atoms with van der Waals surface area (Å²) in [5.74, 6) is 0.614. The number of para-hydroxylation sites is 1. The van der Waals surface area contributed by atoms with E-state index in [-0.39, 0.29) is 11.8 Å². The van der Waals surface area contributed by atoms with Crippen molar-refractivity contribution in [3.05, 3.63) is 60.2 Å². The van der Waals surface area contributed by atoms with Crippen molar-refractivity contribution in [2.45, 2.75) is 39.5 Å². The molecule has 176 valence electrons. The quantitative estimate of drug-likeness (QED) is 0.407. The number of nitrogens with zero attached hydrogens (tertiary/aromatic N) is 3. The molecular formula is C27H30N4O3. The molecule has 0 aliphatic carbocycles. The molecule has 7 heteroatoms. The summed E-state index contributed by atoms with van der Waals surface area (Å²) >= 11 is 0. The maximum Gasteiger partial charge on any atom is 0.272 e. The lowest BCUT2D eigenvalue weighted by molar-refractivity contribution is -0.128. The number of rotatable bonds is 7. The molecule has 3 aromatic rings. The summed E-state index contributed by atoms with van der Waals surface area (Å²) in [6.07, 6.45) is 3.43. The van der Waals surface area contributed by atoms with Gasteiger partial charge in [-0.1, -0.05) is 31.5 Å². The molecule has 0 bridgehead atoms. The van der Waals surface area contributed by atoms with Gasteiger partial charge < -0.3 is 9.64 Å². The molecule has 1 aromatic heterocycles. The van der Waals surface area contributed by atoms with Gasteiger partial charge >= 0.3 is 0 Å². The van der Waals surface area contributed by atoms with Crippen molar-refractivity contribution in [3.63, 3.8) is 0 Å². The maximum atomic E-state index is 13.1. The summed E-state index contributed by atoms with van der Waals surface area (Å²) < 4.78 is 5.76. The predicted octanol–water partition coefficient (Wildman–Crippen LogP) is 4.81. The van der Waals surface area contributed by atoms with Crippen LogP contribution in [0.1, 0.15) is 49.9 Å². The van der Waals surface area contributed by atoms with E-state index in [1.807, 2.05) is 54.6 Å². The summed E-state index contributed by atoms with van der Waals surface area (Å²) in [6.45, 7) is 5.66. The Morgan fingerprint density at radius 3 is 2.53 bits per heavy atom. The maximum absolute atomic E-state index is 13.1. The molecule has 0 saturated carbocycles. The van der Waals surface area contributed by atoms with Crippen molar-refractivity contribution >= 4 is 28.4 Å². The summed E-state index contributed by atoms with van der Waals surface area (Å²) in [5, 5.41) is 5.12. The Morgan fingerprint density at radius 1 is 1.09 bits per heavy atom. The molecule has 0 atom stereocenters. The molecule has 2 amide bonds. The number of hydrogen-bond donors (Lipinski definition) is 1. The fourth-order valence-corrected chi connectivity index (χ4v) is 3.95. The minimum atomic E-state index is -0.277. The number of ether oxygens (including phenoxy) is 1. The average molecular weight is 459 g/mol. The van der Waals surface area contributed by atoms with E-state index in [0.717, 1.165) is 40.8 Å². The topological polar surface area (TPSA) is 83.9 Å². The van der Waals surface area contributed by atoms with E-state index in [1.54, 1.807) is 11.8 Å². The third kappa shape index (κ3) is 5.60. The van der Waals surface area contributed by atoms with E-state index in [4.69, 9.17) is 9.72 Å². The monoisotopic (exact) mass is 458 g/mol. The molecule has 0 unspecified atom stereocenters. The van der Waals surface area contributed by atoms with Crippen LogP contribution in [0.15, 0.2) is 59.7 Å². The Kier molecular flexibility index (Phi) is 7.52. The summed E-state index contributed by atoms with van der Waals surface area (Å²) in [4.78, 5) is 31.2. The predicted molar refractivity (Wildman–Crippen MR) is 134 cm³/mol. The van der Waals surface area contributed by atoms with Gasteiger partial charge in [0.2, 0.25) is 5.91 Å². The third-order valence-electron chi connectivity index (χ3n) is 5.98. The largest absolute Gasteiger partial charge is 0.494 e. The average Bonchev–Trinajstić information content (AvgIpc) is 2.87.